The van der Waals surface area contributed by atoms with Crippen LogP contribution in [0.1, 0.15) is 49.1 Å². The second-order valence-electron chi connectivity index (χ2n) is 10.3. The highest BCUT2D eigenvalue weighted by Crippen LogP contribution is 2.34. The number of hydrogen-bond acceptors (Lipinski definition) is 8. The highest BCUT2D eigenvalue weighted by molar-refractivity contribution is 5.97. The molecule has 1 saturated heterocycles. The summed E-state index contributed by atoms with van der Waals surface area (Å²) in [5.41, 5.74) is 2.63. The van der Waals surface area contributed by atoms with Crippen LogP contribution in [0, 0.1) is 0 Å². The van der Waals surface area contributed by atoms with Crippen LogP contribution in [0.2, 0.25) is 0 Å². The summed E-state index contributed by atoms with van der Waals surface area (Å²) in [6.07, 6.45) is 10.3. The number of anilines is 1. The molecule has 2 aromatic rings. The van der Waals surface area contributed by atoms with Crippen LogP contribution in [0.3, 0.4) is 0 Å². The van der Waals surface area contributed by atoms with Gasteiger partial charge in [-0.05, 0) is 38.0 Å². The quantitative estimate of drug-likeness (QED) is 0.516. The topological polar surface area (TPSA) is 119 Å². The van der Waals surface area contributed by atoms with Gasteiger partial charge in [-0.25, -0.2) is 4.98 Å². The summed E-state index contributed by atoms with van der Waals surface area (Å²) >= 11 is 0. The molecular formula is C26H36N8O3. The van der Waals surface area contributed by atoms with Gasteiger partial charge >= 0.3 is 5.97 Å². The van der Waals surface area contributed by atoms with E-state index in [1.54, 1.807) is 25.2 Å². The first kappa shape index (κ1) is 25.1. The molecule has 5 rings (SSSR count). The number of nitrogens with zero attached hydrogens (tertiary/aromatic N) is 6. The zero-order chi connectivity index (χ0) is 26.1. The van der Waals surface area contributed by atoms with Crippen LogP contribution < -0.4 is 10.6 Å². The Hall–Kier alpha value is -3.60. The summed E-state index contributed by atoms with van der Waals surface area (Å²) in [6, 6.07) is 2.26. The van der Waals surface area contributed by atoms with Gasteiger partial charge in [-0.2, -0.15) is 4.98 Å². The fourth-order valence-corrected chi connectivity index (χ4v) is 5.60. The molecule has 3 aliphatic rings. The monoisotopic (exact) mass is 508 g/mol. The second kappa shape index (κ2) is 10.4. The number of aromatic nitrogens is 3. The van der Waals surface area contributed by atoms with Crippen molar-refractivity contribution < 1.29 is 14.7 Å². The van der Waals surface area contributed by atoms with E-state index in [1.807, 2.05) is 17.0 Å². The van der Waals surface area contributed by atoms with Crippen LogP contribution in [0.5, 0.6) is 0 Å². The molecule has 2 fully saturated rings. The van der Waals surface area contributed by atoms with E-state index in [-0.39, 0.29) is 24.5 Å². The first-order chi connectivity index (χ1) is 17.8. The van der Waals surface area contributed by atoms with Crippen LogP contribution in [0.15, 0.2) is 35.9 Å². The Labute approximate surface area is 216 Å². The SMILES string of the molecule is CC1NC(Nc2ncc3cc(C(=O)N(C)C)n(C4CCCC4)c3n2)=CC=C1N1CCN(CC(=O)O)CC1. The number of carboxylic acid groups (broad SMARTS) is 1. The molecule has 11 heteroatoms. The summed E-state index contributed by atoms with van der Waals surface area (Å²) in [4.78, 5) is 39.2. The number of nitrogens with one attached hydrogen (secondary N) is 2. The van der Waals surface area contributed by atoms with Crippen molar-refractivity contribution in [2.24, 2.45) is 0 Å². The Morgan fingerprint density at radius 2 is 1.89 bits per heavy atom. The number of piperazine rings is 1. The van der Waals surface area contributed by atoms with Crippen molar-refractivity contribution in [1.82, 2.24) is 34.6 Å². The largest absolute Gasteiger partial charge is 0.480 e. The molecule has 0 aromatic carbocycles. The fraction of sp³-hybridized carbons (Fsp3) is 0.538. The van der Waals surface area contributed by atoms with Gasteiger partial charge in [0.25, 0.3) is 5.91 Å². The van der Waals surface area contributed by atoms with E-state index in [2.05, 4.69) is 38.1 Å². The van der Waals surface area contributed by atoms with Crippen molar-refractivity contribution >= 4 is 28.9 Å². The summed E-state index contributed by atoms with van der Waals surface area (Å²) < 4.78 is 2.12. The molecule has 4 heterocycles. The molecule has 1 atom stereocenters. The normalized spacial score (nSPS) is 20.9. The van der Waals surface area contributed by atoms with Gasteiger partial charge in [-0.15, -0.1) is 0 Å². The van der Waals surface area contributed by atoms with E-state index in [9.17, 15) is 9.59 Å². The molecule has 2 aromatic heterocycles. The molecule has 0 spiro atoms. The molecular weight excluding hydrogens is 472 g/mol. The molecule has 1 aliphatic carbocycles. The summed E-state index contributed by atoms with van der Waals surface area (Å²) in [6.45, 7) is 5.27. The van der Waals surface area contributed by atoms with Gasteiger partial charge in [0, 0.05) is 63.6 Å². The first-order valence-electron chi connectivity index (χ1n) is 13.0. The third-order valence-corrected chi connectivity index (χ3v) is 7.47. The molecule has 1 unspecified atom stereocenters. The van der Waals surface area contributed by atoms with Crippen LogP contribution >= 0.6 is 0 Å². The molecule has 37 heavy (non-hydrogen) atoms. The van der Waals surface area contributed by atoms with Gasteiger partial charge in [0.2, 0.25) is 5.95 Å². The molecule has 0 bridgehead atoms. The number of fused-ring (bicyclic) bond motifs is 1. The average Bonchev–Trinajstić information content (AvgIpc) is 3.51. The minimum absolute atomic E-state index is 0.0219. The minimum atomic E-state index is -0.782. The Balaban J connectivity index is 1.34. The van der Waals surface area contributed by atoms with Crippen molar-refractivity contribution in [3.05, 3.63) is 41.6 Å². The van der Waals surface area contributed by atoms with E-state index >= 15 is 0 Å². The molecule has 1 saturated carbocycles. The zero-order valence-corrected chi connectivity index (χ0v) is 21.8. The maximum atomic E-state index is 12.9. The predicted molar refractivity (Wildman–Crippen MR) is 141 cm³/mol. The molecule has 2 aliphatic heterocycles. The van der Waals surface area contributed by atoms with Crippen molar-refractivity contribution in [2.45, 2.75) is 44.7 Å². The van der Waals surface area contributed by atoms with Gasteiger partial charge in [0.1, 0.15) is 17.2 Å². The van der Waals surface area contributed by atoms with E-state index in [1.165, 1.54) is 5.70 Å². The van der Waals surface area contributed by atoms with Crippen molar-refractivity contribution in [2.75, 3.05) is 52.1 Å². The molecule has 11 nitrogen and oxygen atoms in total. The smallest absolute Gasteiger partial charge is 0.317 e. The van der Waals surface area contributed by atoms with E-state index in [0.717, 1.165) is 68.7 Å². The Bertz CT molecular complexity index is 1240. The van der Waals surface area contributed by atoms with E-state index in [4.69, 9.17) is 10.1 Å². The van der Waals surface area contributed by atoms with Gasteiger partial charge in [-0.1, -0.05) is 12.8 Å². The maximum absolute atomic E-state index is 12.9. The standard InChI is InChI=1S/C26H36N8O3/c1-17-20(33-12-10-32(11-13-33)16-23(35)36)8-9-22(28-17)29-26-27-15-18-14-21(25(37)31(2)3)34(24(18)30-26)19-6-4-5-7-19/h8-9,14-15,17,19,28H,4-7,10-13,16H2,1-3H3,(H,35,36)(H,27,29,30). The van der Waals surface area contributed by atoms with E-state index < -0.39 is 5.97 Å². The highest BCUT2D eigenvalue weighted by atomic mass is 16.4. The van der Waals surface area contributed by atoms with Crippen LogP contribution in [0.25, 0.3) is 11.0 Å². The number of dihydropyridines is 1. The number of allylic oxidation sites excluding steroid dienone is 2. The van der Waals surface area contributed by atoms with Crippen molar-refractivity contribution in [3.8, 4) is 0 Å². The lowest BCUT2D eigenvalue weighted by molar-refractivity contribution is -0.138. The molecule has 0 radical (unpaired) electrons. The third kappa shape index (κ3) is 5.27. The number of aliphatic carboxylic acids is 1. The predicted octanol–water partition coefficient (Wildman–Crippen LogP) is 2.08. The Kier molecular flexibility index (Phi) is 7.05. The van der Waals surface area contributed by atoms with Gasteiger partial charge in [0.05, 0.1) is 12.6 Å². The maximum Gasteiger partial charge on any atom is 0.317 e. The Morgan fingerprint density at radius 1 is 1.16 bits per heavy atom. The van der Waals surface area contributed by atoms with Gasteiger partial charge in [0.15, 0.2) is 0 Å². The third-order valence-electron chi connectivity index (χ3n) is 7.47. The lowest BCUT2D eigenvalue weighted by Crippen LogP contribution is -2.50. The summed E-state index contributed by atoms with van der Waals surface area (Å²) in [5, 5.41) is 16.7. The van der Waals surface area contributed by atoms with Crippen LogP contribution in [-0.2, 0) is 4.79 Å². The Morgan fingerprint density at radius 3 is 2.54 bits per heavy atom. The van der Waals surface area contributed by atoms with Gasteiger partial charge in [-0.3, -0.25) is 14.5 Å². The molecule has 198 valence electrons. The first-order valence-corrected chi connectivity index (χ1v) is 13.0. The van der Waals surface area contributed by atoms with E-state index in [0.29, 0.717) is 11.6 Å². The number of carbonyl (C=O) groups excluding carboxylic acids is 1. The fourth-order valence-electron chi connectivity index (χ4n) is 5.60. The number of rotatable bonds is 7. The number of carbonyl (C=O) groups is 2. The van der Waals surface area contributed by atoms with Crippen molar-refractivity contribution in [3.63, 3.8) is 0 Å². The van der Waals surface area contributed by atoms with Crippen LogP contribution in [-0.4, -0.2) is 99.1 Å². The lowest BCUT2D eigenvalue weighted by Gasteiger charge is -2.39. The van der Waals surface area contributed by atoms with Gasteiger partial charge < -0.3 is 30.1 Å². The molecule has 1 amide bonds. The zero-order valence-electron chi connectivity index (χ0n) is 21.8. The number of hydrogen-bond donors (Lipinski definition) is 3. The average molecular weight is 509 g/mol. The van der Waals surface area contributed by atoms with Crippen LogP contribution in [0.4, 0.5) is 5.95 Å². The van der Waals surface area contributed by atoms with Crippen molar-refractivity contribution in [1.29, 1.82) is 0 Å². The highest BCUT2D eigenvalue weighted by Gasteiger charge is 2.27. The number of amides is 1. The number of carboxylic acids is 1. The molecule has 3 N–H and O–H groups in total. The summed E-state index contributed by atoms with van der Waals surface area (Å²) in [5.74, 6) is 0.490. The lowest BCUT2D eigenvalue weighted by atomic mass is 10.1. The second-order valence-corrected chi connectivity index (χ2v) is 10.3. The minimum Gasteiger partial charge on any atom is -0.480 e. The summed E-state index contributed by atoms with van der Waals surface area (Å²) in [7, 11) is 3.55.